The van der Waals surface area contributed by atoms with Gasteiger partial charge in [-0.25, -0.2) is 17.9 Å². The number of ether oxygens (including phenoxy) is 1. The second-order valence-electron chi connectivity index (χ2n) is 11.2. The highest BCUT2D eigenvalue weighted by Crippen LogP contribution is 2.46. The van der Waals surface area contributed by atoms with Crippen molar-refractivity contribution in [1.29, 1.82) is 0 Å². The fourth-order valence-corrected chi connectivity index (χ4v) is 6.72. The monoisotopic (exact) mass is 550 g/mol. The molecule has 2 saturated carbocycles. The van der Waals surface area contributed by atoms with Crippen LogP contribution in [0.4, 0.5) is 13.2 Å². The highest BCUT2D eigenvalue weighted by molar-refractivity contribution is 7.87. The number of alkyl halides is 2. The van der Waals surface area contributed by atoms with Crippen LogP contribution in [0.5, 0.6) is 5.75 Å². The van der Waals surface area contributed by atoms with Gasteiger partial charge in [-0.2, -0.15) is 12.7 Å². The predicted octanol–water partition coefficient (Wildman–Crippen LogP) is 5.67. The van der Waals surface area contributed by atoms with Gasteiger partial charge >= 0.3 is 10.2 Å². The van der Waals surface area contributed by atoms with E-state index in [9.17, 15) is 22.0 Å². The first-order chi connectivity index (χ1) is 17.9. The summed E-state index contributed by atoms with van der Waals surface area (Å²) < 4.78 is 75.5. The second-order valence-corrected chi connectivity index (χ2v) is 12.9. The van der Waals surface area contributed by atoms with E-state index in [-0.39, 0.29) is 17.8 Å². The zero-order valence-corrected chi connectivity index (χ0v) is 22.4. The lowest BCUT2D eigenvalue weighted by Gasteiger charge is -2.37. The minimum absolute atomic E-state index is 0.0522. The molecular formula is C28H33F3N2O4S. The predicted molar refractivity (Wildman–Crippen MR) is 138 cm³/mol. The van der Waals surface area contributed by atoms with Crippen molar-refractivity contribution in [3.05, 3.63) is 53.3 Å². The molecule has 0 unspecified atom stereocenters. The fourth-order valence-electron chi connectivity index (χ4n) is 5.38. The van der Waals surface area contributed by atoms with Crippen molar-refractivity contribution in [3.63, 3.8) is 0 Å². The standard InChI is InChI=1S/C28H33F3N2O4S/c1-27(2,26(34)32-38(35,36)33-16-28(30,31)17-33)19-13-14-24(37-20-9-3-4-10-20)22(15-19)21-11-6-12-23(29)25(21)18-7-5-8-18/h6,11-15,18,20H,3-5,7-10,16-17H2,1-2H3,(H,32,34). The summed E-state index contributed by atoms with van der Waals surface area (Å²) in [6.45, 7) is 1.21. The third kappa shape index (κ3) is 5.17. The molecule has 1 heterocycles. The molecule has 3 fully saturated rings. The van der Waals surface area contributed by atoms with Crippen LogP contribution in [-0.4, -0.2) is 43.7 Å². The van der Waals surface area contributed by atoms with E-state index in [2.05, 4.69) is 0 Å². The van der Waals surface area contributed by atoms with Gasteiger partial charge < -0.3 is 4.74 Å². The van der Waals surface area contributed by atoms with Crippen LogP contribution < -0.4 is 9.46 Å². The molecule has 6 nitrogen and oxygen atoms in total. The number of carbonyl (C=O) groups excluding carboxylic acids is 1. The maximum Gasteiger partial charge on any atom is 0.304 e. The first-order valence-electron chi connectivity index (χ1n) is 13.2. The normalized spacial score (nSPS) is 20.6. The molecule has 1 saturated heterocycles. The molecule has 2 aromatic carbocycles. The Bertz CT molecular complexity index is 1330. The van der Waals surface area contributed by atoms with Crippen LogP contribution in [0.2, 0.25) is 0 Å². The molecule has 1 amide bonds. The molecule has 1 aliphatic heterocycles. The molecule has 1 N–H and O–H groups in total. The second kappa shape index (κ2) is 9.86. The summed E-state index contributed by atoms with van der Waals surface area (Å²) in [4.78, 5) is 13.2. The Morgan fingerprint density at radius 1 is 1.03 bits per heavy atom. The first-order valence-corrected chi connectivity index (χ1v) is 14.6. The lowest BCUT2D eigenvalue weighted by Crippen LogP contribution is -2.62. The quantitative estimate of drug-likeness (QED) is 0.460. The molecule has 0 bridgehead atoms. The number of nitrogens with one attached hydrogen (secondary N) is 1. The van der Waals surface area contributed by atoms with E-state index in [4.69, 9.17) is 4.74 Å². The third-order valence-electron chi connectivity index (χ3n) is 8.10. The van der Waals surface area contributed by atoms with Crippen molar-refractivity contribution in [1.82, 2.24) is 9.03 Å². The van der Waals surface area contributed by atoms with Gasteiger partial charge in [0, 0.05) is 5.56 Å². The van der Waals surface area contributed by atoms with Gasteiger partial charge in [0.15, 0.2) is 0 Å². The smallest absolute Gasteiger partial charge is 0.304 e. The number of nitrogens with zero attached hydrogens (tertiary/aromatic N) is 1. The Kier molecular flexibility index (Phi) is 7.01. The number of amides is 1. The topological polar surface area (TPSA) is 75.7 Å². The molecule has 0 atom stereocenters. The summed E-state index contributed by atoms with van der Waals surface area (Å²) in [5.41, 5.74) is 1.15. The van der Waals surface area contributed by atoms with Gasteiger partial charge in [-0.05, 0) is 93.2 Å². The maximum atomic E-state index is 15.1. The van der Waals surface area contributed by atoms with Crippen molar-refractivity contribution in [3.8, 4) is 16.9 Å². The van der Waals surface area contributed by atoms with Crippen molar-refractivity contribution in [2.75, 3.05) is 13.1 Å². The fraction of sp³-hybridized carbons (Fsp3) is 0.536. The Balaban J connectivity index is 1.50. The molecule has 10 heteroatoms. The van der Waals surface area contributed by atoms with Crippen molar-refractivity contribution in [2.24, 2.45) is 0 Å². The minimum atomic E-state index is -4.41. The first kappa shape index (κ1) is 27.0. The van der Waals surface area contributed by atoms with E-state index in [1.54, 1.807) is 38.1 Å². The molecule has 206 valence electrons. The van der Waals surface area contributed by atoms with Crippen molar-refractivity contribution in [2.45, 2.75) is 82.2 Å². The van der Waals surface area contributed by atoms with Crippen LogP contribution in [0, 0.1) is 5.82 Å². The molecule has 0 spiro atoms. The van der Waals surface area contributed by atoms with Gasteiger partial charge in [-0.15, -0.1) is 0 Å². The highest BCUT2D eigenvalue weighted by Gasteiger charge is 2.50. The summed E-state index contributed by atoms with van der Waals surface area (Å²) in [6, 6.07) is 10.2. The van der Waals surface area contributed by atoms with E-state index < -0.39 is 40.5 Å². The van der Waals surface area contributed by atoms with Crippen molar-refractivity contribution < 1.29 is 31.1 Å². The largest absolute Gasteiger partial charge is 0.490 e. The van der Waals surface area contributed by atoms with Crippen molar-refractivity contribution >= 4 is 16.1 Å². The molecule has 0 radical (unpaired) electrons. The third-order valence-corrected chi connectivity index (χ3v) is 9.48. The molecule has 3 aliphatic rings. The Hall–Kier alpha value is -2.59. The van der Waals surface area contributed by atoms with E-state index in [1.807, 2.05) is 10.8 Å². The summed E-state index contributed by atoms with van der Waals surface area (Å²) in [6.07, 6.45) is 6.90. The van der Waals surface area contributed by atoms with Crippen LogP contribution in [0.1, 0.15) is 75.8 Å². The van der Waals surface area contributed by atoms with Crippen LogP contribution >= 0.6 is 0 Å². The molecule has 0 aromatic heterocycles. The molecule has 38 heavy (non-hydrogen) atoms. The number of benzene rings is 2. The zero-order valence-electron chi connectivity index (χ0n) is 21.6. The number of hydrogen-bond acceptors (Lipinski definition) is 4. The van der Waals surface area contributed by atoms with Gasteiger partial charge in [-0.1, -0.05) is 24.6 Å². The van der Waals surface area contributed by atoms with Crippen LogP contribution in [0.25, 0.3) is 11.1 Å². The van der Waals surface area contributed by atoms with Gasteiger partial charge in [0.05, 0.1) is 24.6 Å². The van der Waals surface area contributed by atoms with Crippen LogP contribution in [-0.2, 0) is 20.4 Å². The van der Waals surface area contributed by atoms with Crippen LogP contribution in [0.3, 0.4) is 0 Å². The summed E-state index contributed by atoms with van der Waals surface area (Å²) in [7, 11) is -4.41. The average molecular weight is 551 g/mol. The van der Waals surface area contributed by atoms with E-state index in [0.29, 0.717) is 32.3 Å². The van der Waals surface area contributed by atoms with Gasteiger partial charge in [0.1, 0.15) is 11.6 Å². The van der Waals surface area contributed by atoms with Gasteiger partial charge in [0.25, 0.3) is 5.92 Å². The average Bonchev–Trinajstić information content (AvgIpc) is 3.30. The number of halogens is 3. The Morgan fingerprint density at radius 3 is 2.32 bits per heavy atom. The van der Waals surface area contributed by atoms with E-state index in [0.717, 1.165) is 44.9 Å². The van der Waals surface area contributed by atoms with Crippen LogP contribution in [0.15, 0.2) is 36.4 Å². The highest BCUT2D eigenvalue weighted by atomic mass is 32.2. The van der Waals surface area contributed by atoms with Gasteiger partial charge in [-0.3, -0.25) is 4.79 Å². The van der Waals surface area contributed by atoms with E-state index in [1.165, 1.54) is 6.07 Å². The zero-order chi connectivity index (χ0) is 27.3. The number of rotatable bonds is 8. The molecule has 5 rings (SSSR count). The maximum absolute atomic E-state index is 15.1. The lowest BCUT2D eigenvalue weighted by molar-refractivity contribution is -0.124. The number of hydrogen-bond donors (Lipinski definition) is 1. The summed E-state index contributed by atoms with van der Waals surface area (Å²) >= 11 is 0. The Labute approximate surface area is 221 Å². The Morgan fingerprint density at radius 2 is 1.71 bits per heavy atom. The van der Waals surface area contributed by atoms with E-state index >= 15 is 4.39 Å². The molecule has 2 aliphatic carbocycles. The molecule has 2 aromatic rings. The molecular weight excluding hydrogens is 517 g/mol. The SMILES string of the molecule is CC(C)(C(=O)NS(=O)(=O)N1CC(F)(F)C1)c1ccc(OC2CCCC2)c(-c2cccc(F)c2C2CCC2)c1. The summed E-state index contributed by atoms with van der Waals surface area (Å²) in [5, 5.41) is 0. The minimum Gasteiger partial charge on any atom is -0.490 e. The lowest BCUT2D eigenvalue weighted by atomic mass is 9.76. The summed E-state index contributed by atoms with van der Waals surface area (Å²) in [5.74, 6) is -3.52. The number of carbonyl (C=O) groups is 1. The van der Waals surface area contributed by atoms with Gasteiger partial charge in [0.2, 0.25) is 5.91 Å².